The highest BCUT2D eigenvalue weighted by molar-refractivity contribution is 5.79. The molecule has 0 radical (unpaired) electrons. The van der Waals surface area contributed by atoms with E-state index in [0.29, 0.717) is 31.7 Å². The number of rotatable bonds is 5. The van der Waals surface area contributed by atoms with Crippen LogP contribution in [0.25, 0.3) is 0 Å². The Morgan fingerprint density at radius 2 is 1.93 bits per heavy atom. The van der Waals surface area contributed by atoms with Gasteiger partial charge >= 0.3 is 6.18 Å². The lowest BCUT2D eigenvalue weighted by Gasteiger charge is -2.33. The summed E-state index contributed by atoms with van der Waals surface area (Å²) in [5.41, 5.74) is 1.25. The maximum Gasteiger partial charge on any atom is 0.417 e. The van der Waals surface area contributed by atoms with Crippen LogP contribution in [0.5, 0.6) is 5.75 Å². The zero-order valence-corrected chi connectivity index (χ0v) is 17.3. The summed E-state index contributed by atoms with van der Waals surface area (Å²) in [6.45, 7) is 5.05. The van der Waals surface area contributed by atoms with E-state index in [1.54, 1.807) is 7.11 Å². The van der Waals surface area contributed by atoms with E-state index in [9.17, 15) is 18.0 Å². The minimum absolute atomic E-state index is 0.0221. The lowest BCUT2D eigenvalue weighted by atomic mass is 9.95. The second kappa shape index (κ2) is 8.93. The molecule has 1 aliphatic heterocycles. The number of ether oxygens (including phenoxy) is 1. The molecule has 1 aliphatic rings. The van der Waals surface area contributed by atoms with Crippen molar-refractivity contribution in [3.8, 4) is 5.75 Å². The van der Waals surface area contributed by atoms with Gasteiger partial charge in [-0.1, -0.05) is 17.7 Å². The third-order valence-electron chi connectivity index (χ3n) is 5.48. The fourth-order valence-electron chi connectivity index (χ4n) is 3.71. The number of aromatic nitrogens is 1. The van der Waals surface area contributed by atoms with Crippen molar-refractivity contribution in [1.29, 1.82) is 0 Å². The highest BCUT2D eigenvalue weighted by Gasteiger charge is 2.31. The van der Waals surface area contributed by atoms with Crippen LogP contribution in [0, 0.1) is 12.8 Å². The molecule has 1 aromatic carbocycles. The average molecular weight is 421 g/mol. The molecule has 8 heteroatoms. The number of piperidine rings is 1. The van der Waals surface area contributed by atoms with Gasteiger partial charge in [0, 0.05) is 30.8 Å². The van der Waals surface area contributed by atoms with Crippen LogP contribution in [0.3, 0.4) is 0 Å². The highest BCUT2D eigenvalue weighted by atomic mass is 19.4. The molecule has 2 aromatic rings. The van der Waals surface area contributed by atoms with E-state index in [1.165, 1.54) is 6.07 Å². The van der Waals surface area contributed by atoms with E-state index in [4.69, 9.17) is 4.74 Å². The van der Waals surface area contributed by atoms with Crippen molar-refractivity contribution in [2.24, 2.45) is 5.92 Å². The van der Waals surface area contributed by atoms with Crippen LogP contribution in [0.15, 0.2) is 36.5 Å². The standard InChI is InChI=1S/C22H26F3N3O2/c1-14-4-6-19(30-3)18(12-14)15(2)27-21(29)16-8-10-28(11-9-16)20-7-5-17(13-26-20)22(23,24)25/h4-7,12-13,15-16H,8-11H2,1-3H3,(H,27,29)/t15-/m1/s1. The Hall–Kier alpha value is -2.77. The van der Waals surface area contributed by atoms with Gasteiger partial charge in [-0.2, -0.15) is 13.2 Å². The van der Waals surface area contributed by atoms with Gasteiger partial charge in [0.15, 0.2) is 0 Å². The second-order valence-electron chi connectivity index (χ2n) is 7.64. The Labute approximate surface area is 174 Å². The Morgan fingerprint density at radius 3 is 2.50 bits per heavy atom. The Morgan fingerprint density at radius 1 is 1.23 bits per heavy atom. The molecule has 2 heterocycles. The van der Waals surface area contributed by atoms with Crippen LogP contribution in [-0.2, 0) is 11.0 Å². The molecule has 1 aromatic heterocycles. The fourth-order valence-corrected chi connectivity index (χ4v) is 3.71. The van der Waals surface area contributed by atoms with Crippen LogP contribution in [0.1, 0.15) is 42.5 Å². The summed E-state index contributed by atoms with van der Waals surface area (Å²) < 4.78 is 43.5. The lowest BCUT2D eigenvalue weighted by Crippen LogP contribution is -2.41. The molecule has 3 rings (SSSR count). The summed E-state index contributed by atoms with van der Waals surface area (Å²) in [7, 11) is 1.60. The van der Waals surface area contributed by atoms with Crippen molar-refractivity contribution < 1.29 is 22.7 Å². The summed E-state index contributed by atoms with van der Waals surface area (Å²) in [5.74, 6) is 1.07. The van der Waals surface area contributed by atoms with Crippen molar-refractivity contribution in [1.82, 2.24) is 10.3 Å². The van der Waals surface area contributed by atoms with Gasteiger partial charge in [-0.25, -0.2) is 4.98 Å². The number of carbonyl (C=O) groups excluding carboxylic acids is 1. The Kier molecular flexibility index (Phi) is 6.53. The van der Waals surface area contributed by atoms with Gasteiger partial charge in [0.1, 0.15) is 11.6 Å². The maximum absolute atomic E-state index is 12.8. The summed E-state index contributed by atoms with van der Waals surface area (Å²) >= 11 is 0. The van der Waals surface area contributed by atoms with Gasteiger partial charge in [0.2, 0.25) is 5.91 Å². The largest absolute Gasteiger partial charge is 0.496 e. The van der Waals surface area contributed by atoms with Gasteiger partial charge in [-0.3, -0.25) is 4.79 Å². The number of aryl methyl sites for hydroxylation is 1. The first-order valence-corrected chi connectivity index (χ1v) is 9.92. The van der Waals surface area contributed by atoms with E-state index in [-0.39, 0.29) is 17.9 Å². The molecular weight excluding hydrogens is 395 g/mol. The van der Waals surface area contributed by atoms with E-state index >= 15 is 0 Å². The predicted octanol–water partition coefficient (Wildman–Crippen LogP) is 4.51. The van der Waals surface area contributed by atoms with Gasteiger partial charge in [0.25, 0.3) is 0 Å². The number of amides is 1. The van der Waals surface area contributed by atoms with Crippen LogP contribution in [0.2, 0.25) is 0 Å². The SMILES string of the molecule is COc1ccc(C)cc1[C@@H](C)NC(=O)C1CCN(c2ccc(C(F)(F)F)cn2)CC1. The quantitative estimate of drug-likeness (QED) is 0.772. The van der Waals surface area contributed by atoms with Gasteiger partial charge in [-0.05, 0) is 44.9 Å². The molecule has 1 atom stereocenters. The topological polar surface area (TPSA) is 54.5 Å². The number of hydrogen-bond donors (Lipinski definition) is 1. The average Bonchev–Trinajstić information content (AvgIpc) is 2.73. The number of halogens is 3. The van der Waals surface area contributed by atoms with E-state index in [2.05, 4.69) is 10.3 Å². The number of nitrogens with one attached hydrogen (secondary N) is 1. The van der Waals surface area contributed by atoms with Crippen LogP contribution >= 0.6 is 0 Å². The molecule has 1 fully saturated rings. The van der Waals surface area contributed by atoms with Crippen molar-refractivity contribution in [2.75, 3.05) is 25.1 Å². The number of nitrogens with zero attached hydrogens (tertiary/aromatic N) is 2. The van der Waals surface area contributed by atoms with E-state index < -0.39 is 11.7 Å². The molecule has 0 aliphatic carbocycles. The molecular formula is C22H26F3N3O2. The number of methoxy groups -OCH3 is 1. The number of anilines is 1. The molecule has 162 valence electrons. The molecule has 1 N–H and O–H groups in total. The summed E-state index contributed by atoms with van der Waals surface area (Å²) in [6.07, 6.45) is -2.31. The molecule has 0 bridgehead atoms. The molecule has 0 spiro atoms. The first-order valence-electron chi connectivity index (χ1n) is 9.92. The highest BCUT2D eigenvalue weighted by Crippen LogP contribution is 2.31. The second-order valence-corrected chi connectivity index (χ2v) is 7.64. The van der Waals surface area contributed by atoms with Gasteiger partial charge < -0.3 is 15.0 Å². The van der Waals surface area contributed by atoms with Crippen molar-refractivity contribution in [2.45, 2.75) is 38.9 Å². The summed E-state index contributed by atoms with van der Waals surface area (Å²) in [6, 6.07) is 8.09. The molecule has 0 unspecified atom stereocenters. The first kappa shape index (κ1) is 21.9. The fraction of sp³-hybridized carbons (Fsp3) is 0.455. The Bertz CT molecular complexity index is 876. The van der Waals surface area contributed by atoms with Crippen molar-refractivity contribution in [3.05, 3.63) is 53.2 Å². The molecule has 5 nitrogen and oxygen atoms in total. The van der Waals surface area contributed by atoms with Gasteiger partial charge in [0.05, 0.1) is 18.7 Å². The summed E-state index contributed by atoms with van der Waals surface area (Å²) in [5, 5.41) is 3.07. The van der Waals surface area contributed by atoms with E-state index in [0.717, 1.165) is 29.1 Å². The third kappa shape index (κ3) is 5.04. The number of hydrogen-bond acceptors (Lipinski definition) is 4. The van der Waals surface area contributed by atoms with E-state index in [1.807, 2.05) is 36.9 Å². The number of pyridine rings is 1. The number of carbonyl (C=O) groups is 1. The smallest absolute Gasteiger partial charge is 0.417 e. The van der Waals surface area contributed by atoms with Crippen LogP contribution in [-0.4, -0.2) is 31.1 Å². The molecule has 1 amide bonds. The zero-order chi connectivity index (χ0) is 21.9. The van der Waals surface area contributed by atoms with Crippen LogP contribution in [0.4, 0.5) is 19.0 Å². The molecule has 0 saturated carbocycles. The zero-order valence-electron chi connectivity index (χ0n) is 17.3. The minimum atomic E-state index is -4.40. The molecule has 30 heavy (non-hydrogen) atoms. The first-order chi connectivity index (χ1) is 14.2. The minimum Gasteiger partial charge on any atom is -0.496 e. The Balaban J connectivity index is 1.57. The predicted molar refractivity (Wildman–Crippen MR) is 108 cm³/mol. The van der Waals surface area contributed by atoms with Crippen LogP contribution < -0.4 is 15.0 Å². The summed E-state index contributed by atoms with van der Waals surface area (Å²) in [4.78, 5) is 18.6. The number of benzene rings is 1. The maximum atomic E-state index is 12.8. The lowest BCUT2D eigenvalue weighted by molar-refractivity contribution is -0.137. The number of alkyl halides is 3. The third-order valence-corrected chi connectivity index (χ3v) is 5.48. The monoisotopic (exact) mass is 421 g/mol. The van der Waals surface area contributed by atoms with Crippen molar-refractivity contribution >= 4 is 11.7 Å². The van der Waals surface area contributed by atoms with Gasteiger partial charge in [-0.15, -0.1) is 0 Å². The van der Waals surface area contributed by atoms with Crippen molar-refractivity contribution in [3.63, 3.8) is 0 Å². The molecule has 1 saturated heterocycles. The normalized spacial score (nSPS) is 16.3.